The van der Waals surface area contributed by atoms with E-state index in [1.54, 1.807) is 12.1 Å². The zero-order valence-electron chi connectivity index (χ0n) is 19.4. The predicted molar refractivity (Wildman–Crippen MR) is 127 cm³/mol. The van der Waals surface area contributed by atoms with Crippen LogP contribution in [-0.2, 0) is 4.74 Å². The van der Waals surface area contributed by atoms with E-state index in [0.29, 0.717) is 23.7 Å². The van der Waals surface area contributed by atoms with Crippen molar-refractivity contribution < 1.29 is 31.8 Å². The maximum absolute atomic E-state index is 15.0. The molecular formula is C29H24F4O3. The van der Waals surface area contributed by atoms with Crippen molar-refractivity contribution in [3.63, 3.8) is 0 Å². The standard InChI is InChI=1S/C29H24F4O3/c1-2-16-3-5-17(6-4-16)20-11-12-21(26(31)25(20)30)18-7-9-19(10-8-18)36-29(34)23-14-13-22(24-15-35-24)27(32)28(23)33/h2,7-14,16-17,24H,1,3-6,15H2. The molecule has 1 atom stereocenters. The van der Waals surface area contributed by atoms with Crippen molar-refractivity contribution in [2.45, 2.75) is 37.7 Å². The highest BCUT2D eigenvalue weighted by molar-refractivity contribution is 5.91. The van der Waals surface area contributed by atoms with Crippen molar-refractivity contribution in [2.24, 2.45) is 5.92 Å². The number of esters is 1. The molecule has 2 fully saturated rings. The van der Waals surface area contributed by atoms with Crippen LogP contribution in [0.2, 0.25) is 0 Å². The Hall–Kier alpha value is -3.45. The zero-order chi connectivity index (χ0) is 25.4. The van der Waals surface area contributed by atoms with E-state index in [4.69, 9.17) is 9.47 Å². The molecule has 3 aromatic rings. The van der Waals surface area contributed by atoms with E-state index < -0.39 is 40.9 Å². The van der Waals surface area contributed by atoms with Crippen molar-refractivity contribution in [1.82, 2.24) is 0 Å². The largest absolute Gasteiger partial charge is 0.423 e. The first kappa shape index (κ1) is 24.3. The summed E-state index contributed by atoms with van der Waals surface area (Å²) in [5.41, 5.74) is 0.363. The van der Waals surface area contributed by atoms with Crippen LogP contribution in [0.5, 0.6) is 5.75 Å². The van der Waals surface area contributed by atoms with E-state index in [1.807, 2.05) is 6.08 Å². The molecule has 186 valence electrons. The minimum atomic E-state index is -1.31. The summed E-state index contributed by atoms with van der Waals surface area (Å²) >= 11 is 0. The Labute approximate surface area is 206 Å². The van der Waals surface area contributed by atoms with E-state index in [1.165, 1.54) is 30.3 Å². The maximum atomic E-state index is 15.0. The van der Waals surface area contributed by atoms with E-state index in [2.05, 4.69) is 6.58 Å². The molecule has 36 heavy (non-hydrogen) atoms. The van der Waals surface area contributed by atoms with E-state index in [0.717, 1.165) is 31.7 Å². The van der Waals surface area contributed by atoms with E-state index in [9.17, 15) is 22.4 Å². The molecule has 3 nitrogen and oxygen atoms in total. The summed E-state index contributed by atoms with van der Waals surface area (Å²) in [6.45, 7) is 4.12. The van der Waals surface area contributed by atoms with Crippen molar-refractivity contribution in [1.29, 1.82) is 0 Å². The molecule has 1 saturated carbocycles. The van der Waals surface area contributed by atoms with Crippen LogP contribution in [0.15, 0.2) is 61.2 Å². The van der Waals surface area contributed by atoms with Gasteiger partial charge in [0.25, 0.3) is 0 Å². The fraction of sp³-hybridized carbons (Fsp3) is 0.276. The Morgan fingerprint density at radius 1 is 0.833 bits per heavy atom. The van der Waals surface area contributed by atoms with Crippen LogP contribution in [-0.4, -0.2) is 12.6 Å². The Balaban J connectivity index is 1.30. The number of hydrogen-bond acceptors (Lipinski definition) is 3. The maximum Gasteiger partial charge on any atom is 0.346 e. The number of carbonyl (C=O) groups excluding carboxylic acids is 1. The Morgan fingerprint density at radius 3 is 2.11 bits per heavy atom. The van der Waals surface area contributed by atoms with Gasteiger partial charge in [-0.05, 0) is 66.8 Å². The molecule has 0 aromatic heterocycles. The fourth-order valence-corrected chi connectivity index (χ4v) is 4.83. The lowest BCUT2D eigenvalue weighted by molar-refractivity contribution is 0.0728. The Kier molecular flexibility index (Phi) is 6.67. The predicted octanol–water partition coefficient (Wildman–Crippen LogP) is 7.66. The van der Waals surface area contributed by atoms with Crippen LogP contribution in [0, 0.1) is 29.2 Å². The summed E-state index contributed by atoms with van der Waals surface area (Å²) in [6.07, 6.45) is 4.82. The summed E-state index contributed by atoms with van der Waals surface area (Å²) in [5, 5.41) is 0. The second-order valence-electron chi connectivity index (χ2n) is 9.24. The molecule has 0 bridgehead atoms. The van der Waals surface area contributed by atoms with Gasteiger partial charge in [-0.1, -0.05) is 36.4 Å². The normalized spacial score (nSPS) is 21.2. The molecule has 0 radical (unpaired) electrons. The average Bonchev–Trinajstić information content (AvgIpc) is 3.73. The Bertz CT molecular complexity index is 1310. The number of carbonyl (C=O) groups is 1. The molecule has 3 aromatic carbocycles. The van der Waals surface area contributed by atoms with Gasteiger partial charge in [-0.25, -0.2) is 22.4 Å². The van der Waals surface area contributed by atoms with Gasteiger partial charge in [-0.3, -0.25) is 0 Å². The van der Waals surface area contributed by atoms with Crippen LogP contribution in [0.25, 0.3) is 11.1 Å². The SMILES string of the molecule is C=CC1CCC(c2ccc(-c3ccc(OC(=O)c4ccc(C5CO5)c(F)c4F)cc3)c(F)c2F)CC1. The van der Waals surface area contributed by atoms with Gasteiger partial charge in [0.05, 0.1) is 12.2 Å². The van der Waals surface area contributed by atoms with Crippen LogP contribution in [0.3, 0.4) is 0 Å². The summed E-state index contributed by atoms with van der Waals surface area (Å²) in [7, 11) is 0. The quantitative estimate of drug-likeness (QED) is 0.116. The van der Waals surface area contributed by atoms with E-state index >= 15 is 0 Å². The first-order valence-electron chi connectivity index (χ1n) is 11.9. The summed E-state index contributed by atoms with van der Waals surface area (Å²) in [4.78, 5) is 12.4. The summed E-state index contributed by atoms with van der Waals surface area (Å²) < 4.78 is 68.6. The number of rotatable bonds is 6. The van der Waals surface area contributed by atoms with Crippen molar-refractivity contribution in [3.8, 4) is 16.9 Å². The van der Waals surface area contributed by atoms with Gasteiger partial charge >= 0.3 is 5.97 Å². The number of epoxide rings is 1. The lowest BCUT2D eigenvalue weighted by Crippen LogP contribution is -2.13. The van der Waals surface area contributed by atoms with Gasteiger partial charge in [0, 0.05) is 11.1 Å². The van der Waals surface area contributed by atoms with Gasteiger partial charge < -0.3 is 9.47 Å². The number of hydrogen-bond donors (Lipinski definition) is 0. The van der Waals surface area contributed by atoms with E-state index in [-0.39, 0.29) is 22.8 Å². The van der Waals surface area contributed by atoms with Crippen LogP contribution < -0.4 is 4.74 Å². The molecule has 0 amide bonds. The molecule has 0 N–H and O–H groups in total. The third kappa shape index (κ3) is 4.67. The molecule has 1 saturated heterocycles. The smallest absolute Gasteiger partial charge is 0.346 e. The minimum absolute atomic E-state index is 0.0253. The molecule has 5 rings (SSSR count). The van der Waals surface area contributed by atoms with Gasteiger partial charge in [0.1, 0.15) is 11.9 Å². The second kappa shape index (κ2) is 9.90. The monoisotopic (exact) mass is 496 g/mol. The second-order valence-corrected chi connectivity index (χ2v) is 9.24. The fourth-order valence-electron chi connectivity index (χ4n) is 4.83. The minimum Gasteiger partial charge on any atom is -0.423 e. The highest BCUT2D eigenvalue weighted by atomic mass is 19.2. The van der Waals surface area contributed by atoms with Crippen molar-refractivity contribution in [2.75, 3.05) is 6.61 Å². The Morgan fingerprint density at radius 2 is 1.47 bits per heavy atom. The summed E-state index contributed by atoms with van der Waals surface area (Å²) in [6, 6.07) is 11.3. The zero-order valence-corrected chi connectivity index (χ0v) is 19.4. The highest BCUT2D eigenvalue weighted by Gasteiger charge is 2.31. The molecule has 1 aliphatic carbocycles. The molecule has 1 aliphatic heterocycles. The van der Waals surface area contributed by atoms with Crippen LogP contribution >= 0.6 is 0 Å². The van der Waals surface area contributed by atoms with Gasteiger partial charge in [-0.2, -0.15) is 0 Å². The van der Waals surface area contributed by atoms with Gasteiger partial charge in [-0.15, -0.1) is 6.58 Å². The lowest BCUT2D eigenvalue weighted by Gasteiger charge is -2.27. The first-order valence-corrected chi connectivity index (χ1v) is 11.9. The molecular weight excluding hydrogens is 472 g/mol. The topological polar surface area (TPSA) is 38.8 Å². The highest BCUT2D eigenvalue weighted by Crippen LogP contribution is 2.39. The summed E-state index contributed by atoms with van der Waals surface area (Å²) in [5.74, 6) is -4.85. The van der Waals surface area contributed by atoms with Crippen molar-refractivity contribution in [3.05, 3.63) is 101 Å². The number of benzene rings is 3. The van der Waals surface area contributed by atoms with Crippen LogP contribution in [0.4, 0.5) is 17.6 Å². The number of allylic oxidation sites excluding steroid dienone is 1. The lowest BCUT2D eigenvalue weighted by atomic mass is 9.78. The molecule has 2 aliphatic rings. The molecule has 1 unspecified atom stereocenters. The molecule has 7 heteroatoms. The number of halogens is 4. The third-order valence-electron chi connectivity index (χ3n) is 7.05. The number of ether oxygens (including phenoxy) is 2. The van der Waals surface area contributed by atoms with Gasteiger partial charge in [0.2, 0.25) is 0 Å². The van der Waals surface area contributed by atoms with Gasteiger partial charge in [0.15, 0.2) is 23.3 Å². The first-order chi connectivity index (χ1) is 17.4. The molecule has 1 heterocycles. The molecule has 0 spiro atoms. The third-order valence-corrected chi connectivity index (χ3v) is 7.05. The average molecular weight is 497 g/mol. The van der Waals surface area contributed by atoms with Crippen LogP contribution in [0.1, 0.15) is 59.2 Å². The van der Waals surface area contributed by atoms with Crippen molar-refractivity contribution >= 4 is 5.97 Å².